The van der Waals surface area contributed by atoms with Crippen molar-refractivity contribution in [3.8, 4) is 5.75 Å². The van der Waals surface area contributed by atoms with Crippen molar-refractivity contribution >= 4 is 51.8 Å². The molecule has 0 amide bonds. The SMILES string of the molecule is Nc1cc(Cl)c(OCc2ccc(Cl)s2)c(Cl)c1. The summed E-state index contributed by atoms with van der Waals surface area (Å²) < 4.78 is 6.27. The van der Waals surface area contributed by atoms with Gasteiger partial charge in [0.05, 0.1) is 14.4 Å². The van der Waals surface area contributed by atoms with Crippen LogP contribution in [0.1, 0.15) is 4.88 Å². The van der Waals surface area contributed by atoms with Crippen LogP contribution in [0.4, 0.5) is 5.69 Å². The molecule has 0 aliphatic carbocycles. The molecule has 0 aliphatic rings. The Morgan fingerprint density at radius 1 is 1.12 bits per heavy atom. The van der Waals surface area contributed by atoms with Crippen LogP contribution in [0.15, 0.2) is 24.3 Å². The van der Waals surface area contributed by atoms with E-state index in [-0.39, 0.29) is 0 Å². The standard InChI is InChI=1S/C11H8Cl3NOS/c12-8-3-6(15)4-9(13)11(8)16-5-7-1-2-10(14)17-7/h1-4H,5,15H2. The second-order valence-electron chi connectivity index (χ2n) is 3.31. The van der Waals surface area contributed by atoms with E-state index in [1.807, 2.05) is 12.1 Å². The lowest BCUT2D eigenvalue weighted by Crippen LogP contribution is -1.95. The van der Waals surface area contributed by atoms with E-state index in [9.17, 15) is 0 Å². The monoisotopic (exact) mass is 307 g/mol. The highest BCUT2D eigenvalue weighted by atomic mass is 35.5. The third-order valence-corrected chi connectivity index (χ3v) is 3.77. The molecule has 1 aromatic heterocycles. The Bertz CT molecular complexity index is 518. The molecule has 1 heterocycles. The molecule has 0 saturated carbocycles. The third-order valence-electron chi connectivity index (χ3n) is 2.01. The van der Waals surface area contributed by atoms with Gasteiger partial charge in [-0.1, -0.05) is 34.8 Å². The number of halogens is 3. The van der Waals surface area contributed by atoms with Crippen molar-refractivity contribution in [2.24, 2.45) is 0 Å². The largest absolute Gasteiger partial charge is 0.485 e. The van der Waals surface area contributed by atoms with Crippen molar-refractivity contribution in [3.05, 3.63) is 43.5 Å². The number of nitrogen functional groups attached to an aromatic ring is 1. The molecule has 2 N–H and O–H groups in total. The third kappa shape index (κ3) is 3.19. The van der Waals surface area contributed by atoms with Crippen molar-refractivity contribution in [2.75, 3.05) is 5.73 Å². The van der Waals surface area contributed by atoms with Gasteiger partial charge in [-0.25, -0.2) is 0 Å². The molecule has 2 nitrogen and oxygen atoms in total. The highest BCUT2D eigenvalue weighted by Gasteiger charge is 2.09. The number of hydrogen-bond donors (Lipinski definition) is 1. The van der Waals surface area contributed by atoms with Crippen molar-refractivity contribution < 1.29 is 4.74 Å². The first kappa shape index (κ1) is 12.8. The second kappa shape index (κ2) is 5.36. The van der Waals surface area contributed by atoms with E-state index in [2.05, 4.69) is 0 Å². The van der Waals surface area contributed by atoms with Gasteiger partial charge in [-0.15, -0.1) is 11.3 Å². The topological polar surface area (TPSA) is 35.2 Å². The fourth-order valence-electron chi connectivity index (χ4n) is 1.29. The van der Waals surface area contributed by atoms with Crippen molar-refractivity contribution in [1.29, 1.82) is 0 Å². The van der Waals surface area contributed by atoms with Gasteiger partial charge in [-0.2, -0.15) is 0 Å². The summed E-state index contributed by atoms with van der Waals surface area (Å²) in [6, 6.07) is 6.91. The van der Waals surface area contributed by atoms with Crippen molar-refractivity contribution in [1.82, 2.24) is 0 Å². The normalized spacial score (nSPS) is 10.5. The molecule has 17 heavy (non-hydrogen) atoms. The summed E-state index contributed by atoms with van der Waals surface area (Å²) in [4.78, 5) is 0.999. The van der Waals surface area contributed by atoms with Crippen LogP contribution in [0.5, 0.6) is 5.75 Å². The number of hydrogen-bond acceptors (Lipinski definition) is 3. The second-order valence-corrected chi connectivity index (χ2v) is 5.92. The Kier molecular flexibility index (Phi) is 4.05. The van der Waals surface area contributed by atoms with Crippen LogP contribution in [0.3, 0.4) is 0 Å². The van der Waals surface area contributed by atoms with Gasteiger partial charge in [0.15, 0.2) is 5.75 Å². The minimum atomic E-state index is 0.376. The van der Waals surface area contributed by atoms with E-state index in [1.165, 1.54) is 11.3 Å². The van der Waals surface area contributed by atoms with E-state index in [4.69, 9.17) is 45.3 Å². The Balaban J connectivity index is 2.14. The summed E-state index contributed by atoms with van der Waals surface area (Å²) in [5.74, 6) is 0.437. The van der Waals surface area contributed by atoms with Gasteiger partial charge in [-0.05, 0) is 24.3 Å². The lowest BCUT2D eigenvalue weighted by molar-refractivity contribution is 0.310. The molecule has 0 radical (unpaired) electrons. The van der Waals surface area contributed by atoms with Crippen LogP contribution < -0.4 is 10.5 Å². The van der Waals surface area contributed by atoms with E-state index in [0.717, 1.165) is 9.21 Å². The first-order valence-corrected chi connectivity index (χ1v) is 6.63. The van der Waals surface area contributed by atoms with Crippen LogP contribution in [-0.2, 0) is 6.61 Å². The molecule has 0 aliphatic heterocycles. The van der Waals surface area contributed by atoms with Gasteiger partial charge < -0.3 is 10.5 Å². The van der Waals surface area contributed by atoms with Gasteiger partial charge in [0, 0.05) is 10.6 Å². The molecule has 0 fully saturated rings. The van der Waals surface area contributed by atoms with Crippen LogP contribution in [-0.4, -0.2) is 0 Å². The molecular formula is C11H8Cl3NOS. The van der Waals surface area contributed by atoms with Crippen LogP contribution >= 0.6 is 46.1 Å². The predicted octanol–water partition coefficient (Wildman–Crippen LogP) is 4.87. The molecule has 2 aromatic rings. The average molecular weight is 309 g/mol. The van der Waals surface area contributed by atoms with Crippen molar-refractivity contribution in [2.45, 2.75) is 6.61 Å². The first-order valence-electron chi connectivity index (χ1n) is 4.68. The molecule has 2 rings (SSSR count). The first-order chi connectivity index (χ1) is 8.06. The average Bonchev–Trinajstić information content (AvgIpc) is 2.62. The molecule has 90 valence electrons. The fraction of sp³-hybridized carbons (Fsp3) is 0.0909. The molecular weight excluding hydrogens is 301 g/mol. The van der Waals surface area contributed by atoms with Gasteiger partial charge in [-0.3, -0.25) is 0 Å². The molecule has 0 spiro atoms. The molecule has 0 atom stereocenters. The van der Waals surface area contributed by atoms with Gasteiger partial charge >= 0.3 is 0 Å². The maximum atomic E-state index is 5.99. The Morgan fingerprint density at radius 3 is 2.29 bits per heavy atom. The van der Waals surface area contributed by atoms with Crippen molar-refractivity contribution in [3.63, 3.8) is 0 Å². The Hall–Kier alpha value is -0.610. The van der Waals surface area contributed by atoms with E-state index in [1.54, 1.807) is 12.1 Å². The number of rotatable bonds is 3. The highest BCUT2D eigenvalue weighted by molar-refractivity contribution is 7.16. The number of benzene rings is 1. The maximum Gasteiger partial charge on any atom is 0.157 e. The van der Waals surface area contributed by atoms with E-state index < -0.39 is 0 Å². The molecule has 6 heteroatoms. The molecule has 0 unspecified atom stereocenters. The van der Waals surface area contributed by atoms with Crippen LogP contribution in [0.2, 0.25) is 14.4 Å². The zero-order valence-electron chi connectivity index (χ0n) is 8.54. The van der Waals surface area contributed by atoms with Crippen LogP contribution in [0, 0.1) is 0 Å². The summed E-state index contributed by atoms with van der Waals surface area (Å²) >= 11 is 19.3. The molecule has 1 aromatic carbocycles. The summed E-state index contributed by atoms with van der Waals surface area (Å²) in [7, 11) is 0. The smallest absolute Gasteiger partial charge is 0.157 e. The Morgan fingerprint density at radius 2 is 1.76 bits per heavy atom. The minimum absolute atomic E-state index is 0.376. The zero-order chi connectivity index (χ0) is 12.4. The summed E-state index contributed by atoms with van der Waals surface area (Å²) in [5.41, 5.74) is 6.11. The summed E-state index contributed by atoms with van der Waals surface area (Å²) in [6.45, 7) is 0.376. The van der Waals surface area contributed by atoms with E-state index >= 15 is 0 Å². The lowest BCUT2D eigenvalue weighted by Gasteiger charge is -2.09. The number of thiophene rings is 1. The lowest BCUT2D eigenvalue weighted by atomic mass is 10.3. The minimum Gasteiger partial charge on any atom is -0.485 e. The van der Waals surface area contributed by atoms with Gasteiger partial charge in [0.2, 0.25) is 0 Å². The molecule has 0 bridgehead atoms. The van der Waals surface area contributed by atoms with Crippen LogP contribution in [0.25, 0.3) is 0 Å². The van der Waals surface area contributed by atoms with Gasteiger partial charge in [0.1, 0.15) is 6.61 Å². The maximum absolute atomic E-state index is 5.99. The quantitative estimate of drug-likeness (QED) is 0.821. The zero-order valence-corrected chi connectivity index (χ0v) is 11.6. The predicted molar refractivity (Wildman–Crippen MR) is 74.5 cm³/mol. The summed E-state index contributed by atoms with van der Waals surface area (Å²) in [5, 5.41) is 0.801. The molecule has 0 saturated heterocycles. The number of anilines is 1. The van der Waals surface area contributed by atoms with Gasteiger partial charge in [0.25, 0.3) is 0 Å². The van der Waals surface area contributed by atoms with E-state index in [0.29, 0.717) is 28.1 Å². The summed E-state index contributed by atoms with van der Waals surface area (Å²) in [6.07, 6.45) is 0. The number of ether oxygens (including phenoxy) is 1. The Labute approximate surface area is 118 Å². The fourth-order valence-corrected chi connectivity index (χ4v) is 2.90. The number of nitrogens with two attached hydrogens (primary N) is 1. The highest BCUT2D eigenvalue weighted by Crippen LogP contribution is 2.36.